The van der Waals surface area contributed by atoms with Crippen molar-refractivity contribution in [1.29, 1.82) is 0 Å². The molecule has 0 spiro atoms. The Hall–Kier alpha value is -0.420. The maximum absolute atomic E-state index is 5.63. The van der Waals surface area contributed by atoms with E-state index < -0.39 is 0 Å². The molecule has 0 aromatic heterocycles. The quantitative estimate of drug-likeness (QED) is 0.902. The van der Waals surface area contributed by atoms with Crippen molar-refractivity contribution >= 4 is 15.9 Å². The lowest BCUT2D eigenvalue weighted by molar-refractivity contribution is 0.0956. The Bertz CT molecular complexity index is 371. The SMILES string of the molecule is CCC(c1ccc(Br)cc1)N1CCN(CCN)CC1. The second kappa shape index (κ2) is 7.39. The smallest absolute Gasteiger partial charge is 0.0346 e. The van der Waals surface area contributed by atoms with Crippen LogP contribution < -0.4 is 5.73 Å². The molecule has 0 radical (unpaired) electrons. The maximum Gasteiger partial charge on any atom is 0.0346 e. The molecule has 1 aliphatic heterocycles. The third-order valence-electron chi connectivity index (χ3n) is 3.93. The van der Waals surface area contributed by atoms with Gasteiger partial charge in [0.05, 0.1) is 0 Å². The Morgan fingerprint density at radius 1 is 1.16 bits per heavy atom. The molecule has 1 unspecified atom stereocenters. The Morgan fingerprint density at radius 3 is 2.32 bits per heavy atom. The summed E-state index contributed by atoms with van der Waals surface area (Å²) in [6.45, 7) is 8.66. The van der Waals surface area contributed by atoms with E-state index in [1.54, 1.807) is 0 Å². The van der Waals surface area contributed by atoms with Crippen LogP contribution in [-0.2, 0) is 0 Å². The van der Waals surface area contributed by atoms with Gasteiger partial charge in [0.25, 0.3) is 0 Å². The predicted molar refractivity (Wildman–Crippen MR) is 84.2 cm³/mol. The van der Waals surface area contributed by atoms with Crippen LogP contribution in [0, 0.1) is 0 Å². The number of halogens is 1. The molecule has 1 aromatic rings. The minimum absolute atomic E-state index is 0.549. The van der Waals surface area contributed by atoms with Gasteiger partial charge >= 0.3 is 0 Å². The van der Waals surface area contributed by atoms with E-state index in [1.807, 2.05) is 0 Å². The number of rotatable bonds is 5. The van der Waals surface area contributed by atoms with Crippen molar-refractivity contribution in [3.8, 4) is 0 Å². The molecule has 4 heteroatoms. The number of benzene rings is 1. The highest BCUT2D eigenvalue weighted by atomic mass is 79.9. The number of nitrogens with zero attached hydrogens (tertiary/aromatic N) is 2. The first-order valence-electron chi connectivity index (χ1n) is 7.16. The standard InChI is InChI=1S/C15H24BrN3/c1-2-15(13-3-5-14(16)6-4-13)19-11-9-18(8-7-17)10-12-19/h3-6,15H,2,7-12,17H2,1H3. The summed E-state index contributed by atoms with van der Waals surface area (Å²) in [7, 11) is 0. The highest BCUT2D eigenvalue weighted by Gasteiger charge is 2.23. The van der Waals surface area contributed by atoms with Crippen molar-refractivity contribution in [3.63, 3.8) is 0 Å². The molecule has 0 saturated carbocycles. The maximum atomic E-state index is 5.63. The van der Waals surface area contributed by atoms with Gasteiger partial charge in [-0.25, -0.2) is 0 Å². The molecule has 0 bridgehead atoms. The van der Waals surface area contributed by atoms with Gasteiger partial charge in [0.15, 0.2) is 0 Å². The van der Waals surface area contributed by atoms with Gasteiger partial charge in [0.1, 0.15) is 0 Å². The molecule has 106 valence electrons. The zero-order chi connectivity index (χ0) is 13.7. The van der Waals surface area contributed by atoms with Gasteiger partial charge in [0.2, 0.25) is 0 Å². The van der Waals surface area contributed by atoms with Gasteiger partial charge in [-0.15, -0.1) is 0 Å². The fourth-order valence-corrected chi connectivity index (χ4v) is 3.14. The van der Waals surface area contributed by atoms with Gasteiger partial charge in [0, 0.05) is 49.8 Å². The van der Waals surface area contributed by atoms with Gasteiger partial charge < -0.3 is 5.73 Å². The first kappa shape index (κ1) is 15.0. The lowest BCUT2D eigenvalue weighted by atomic mass is 10.0. The van der Waals surface area contributed by atoms with Crippen LogP contribution >= 0.6 is 15.9 Å². The van der Waals surface area contributed by atoms with Crippen LogP contribution in [0.4, 0.5) is 0 Å². The van der Waals surface area contributed by atoms with Crippen molar-refractivity contribution in [3.05, 3.63) is 34.3 Å². The summed E-state index contributed by atoms with van der Waals surface area (Å²) in [6.07, 6.45) is 1.17. The molecule has 3 nitrogen and oxygen atoms in total. The fourth-order valence-electron chi connectivity index (χ4n) is 2.87. The summed E-state index contributed by atoms with van der Waals surface area (Å²) in [5, 5.41) is 0. The van der Waals surface area contributed by atoms with E-state index in [2.05, 4.69) is 56.9 Å². The third-order valence-corrected chi connectivity index (χ3v) is 4.46. The minimum Gasteiger partial charge on any atom is -0.329 e. The molecule has 1 aliphatic rings. The van der Waals surface area contributed by atoms with Crippen LogP contribution in [0.15, 0.2) is 28.7 Å². The molecule has 2 rings (SSSR count). The largest absolute Gasteiger partial charge is 0.329 e. The fraction of sp³-hybridized carbons (Fsp3) is 0.600. The van der Waals surface area contributed by atoms with Gasteiger partial charge in [-0.05, 0) is 24.1 Å². The van der Waals surface area contributed by atoms with Crippen LogP contribution in [0.2, 0.25) is 0 Å². The summed E-state index contributed by atoms with van der Waals surface area (Å²) in [4.78, 5) is 5.07. The number of hydrogen-bond acceptors (Lipinski definition) is 3. The monoisotopic (exact) mass is 325 g/mol. The lowest BCUT2D eigenvalue weighted by Gasteiger charge is -2.39. The van der Waals surface area contributed by atoms with Crippen LogP contribution in [0.25, 0.3) is 0 Å². The molecule has 0 aliphatic carbocycles. The number of piperazine rings is 1. The molecule has 2 N–H and O–H groups in total. The molecule has 1 saturated heterocycles. The van der Waals surface area contributed by atoms with Crippen LogP contribution in [0.1, 0.15) is 24.9 Å². The average Bonchev–Trinajstić information content (AvgIpc) is 2.44. The lowest BCUT2D eigenvalue weighted by Crippen LogP contribution is -2.48. The predicted octanol–water partition coefficient (Wildman–Crippen LogP) is 2.48. The molecule has 1 fully saturated rings. The summed E-state index contributed by atoms with van der Waals surface area (Å²) < 4.78 is 1.15. The third kappa shape index (κ3) is 4.02. The van der Waals surface area contributed by atoms with E-state index >= 15 is 0 Å². The van der Waals surface area contributed by atoms with E-state index in [0.717, 1.165) is 43.7 Å². The van der Waals surface area contributed by atoms with E-state index in [-0.39, 0.29) is 0 Å². The molecule has 1 heterocycles. The average molecular weight is 326 g/mol. The minimum atomic E-state index is 0.549. The van der Waals surface area contributed by atoms with Gasteiger partial charge in [-0.2, -0.15) is 0 Å². The second-order valence-electron chi connectivity index (χ2n) is 5.14. The van der Waals surface area contributed by atoms with E-state index in [9.17, 15) is 0 Å². The van der Waals surface area contributed by atoms with Crippen molar-refractivity contribution in [2.24, 2.45) is 5.73 Å². The first-order chi connectivity index (χ1) is 9.24. The molecule has 0 amide bonds. The van der Waals surface area contributed by atoms with Crippen molar-refractivity contribution in [2.75, 3.05) is 39.3 Å². The summed E-state index contributed by atoms with van der Waals surface area (Å²) >= 11 is 3.51. The van der Waals surface area contributed by atoms with E-state index in [0.29, 0.717) is 6.04 Å². The van der Waals surface area contributed by atoms with Crippen LogP contribution in [0.5, 0.6) is 0 Å². The summed E-state index contributed by atoms with van der Waals surface area (Å²) in [5.74, 6) is 0. The zero-order valence-corrected chi connectivity index (χ0v) is 13.3. The van der Waals surface area contributed by atoms with Crippen LogP contribution in [-0.4, -0.2) is 49.1 Å². The highest BCUT2D eigenvalue weighted by molar-refractivity contribution is 9.10. The Labute approximate surface area is 124 Å². The molecule has 1 atom stereocenters. The van der Waals surface area contributed by atoms with Gasteiger partial charge in [-0.1, -0.05) is 35.0 Å². The van der Waals surface area contributed by atoms with E-state index in [1.165, 1.54) is 12.0 Å². The summed E-state index contributed by atoms with van der Waals surface area (Å²) in [5.41, 5.74) is 7.05. The Balaban J connectivity index is 1.97. The highest BCUT2D eigenvalue weighted by Crippen LogP contribution is 2.26. The normalized spacial score (nSPS) is 19.5. The molecular weight excluding hydrogens is 302 g/mol. The van der Waals surface area contributed by atoms with Crippen molar-refractivity contribution in [2.45, 2.75) is 19.4 Å². The molecular formula is C15H24BrN3. The Morgan fingerprint density at radius 2 is 1.79 bits per heavy atom. The zero-order valence-electron chi connectivity index (χ0n) is 11.7. The van der Waals surface area contributed by atoms with Crippen LogP contribution in [0.3, 0.4) is 0 Å². The van der Waals surface area contributed by atoms with Gasteiger partial charge in [-0.3, -0.25) is 9.80 Å². The second-order valence-corrected chi connectivity index (χ2v) is 6.06. The number of nitrogens with two attached hydrogens (primary N) is 1. The Kier molecular flexibility index (Phi) is 5.82. The topological polar surface area (TPSA) is 32.5 Å². The van der Waals surface area contributed by atoms with Crippen molar-refractivity contribution in [1.82, 2.24) is 9.80 Å². The summed E-state index contributed by atoms with van der Waals surface area (Å²) in [6, 6.07) is 9.31. The molecule has 19 heavy (non-hydrogen) atoms. The van der Waals surface area contributed by atoms with Crippen molar-refractivity contribution < 1.29 is 0 Å². The molecule has 1 aromatic carbocycles. The number of hydrogen-bond donors (Lipinski definition) is 1. The first-order valence-corrected chi connectivity index (χ1v) is 7.95. The van der Waals surface area contributed by atoms with E-state index in [4.69, 9.17) is 5.73 Å².